The first-order chi connectivity index (χ1) is 13.3. The summed E-state index contributed by atoms with van der Waals surface area (Å²) >= 11 is 0. The molecule has 0 saturated carbocycles. The molecule has 28 heavy (non-hydrogen) atoms. The van der Waals surface area contributed by atoms with E-state index in [1.165, 1.54) is 0 Å². The molecule has 2 saturated heterocycles. The minimum Gasteiger partial charge on any atom is -0.481 e. The SMILES string of the molecule is CC(C)c1cc(C(=O)N2CC[C@H](N3CCN(C)CC3)[C@H](CCC(=O)O)C2)n[nH]1. The van der Waals surface area contributed by atoms with Gasteiger partial charge in [0.15, 0.2) is 0 Å². The molecule has 1 aromatic rings. The van der Waals surface area contributed by atoms with Crippen molar-refractivity contribution in [1.82, 2.24) is 24.9 Å². The van der Waals surface area contributed by atoms with Crippen LogP contribution in [0.15, 0.2) is 6.07 Å². The van der Waals surface area contributed by atoms with Crippen molar-refractivity contribution >= 4 is 11.9 Å². The highest BCUT2D eigenvalue weighted by Gasteiger charge is 2.36. The summed E-state index contributed by atoms with van der Waals surface area (Å²) in [6, 6.07) is 2.19. The fourth-order valence-corrected chi connectivity index (χ4v) is 4.34. The Labute approximate surface area is 166 Å². The fraction of sp³-hybridized carbons (Fsp3) is 0.750. The van der Waals surface area contributed by atoms with Crippen LogP contribution in [-0.4, -0.2) is 94.2 Å². The number of carbonyl (C=O) groups excluding carboxylic acids is 1. The van der Waals surface area contributed by atoms with E-state index in [2.05, 4.69) is 40.9 Å². The smallest absolute Gasteiger partial charge is 0.303 e. The second kappa shape index (κ2) is 9.05. The van der Waals surface area contributed by atoms with Crippen LogP contribution in [0, 0.1) is 5.92 Å². The average Bonchev–Trinajstić information content (AvgIpc) is 3.17. The van der Waals surface area contributed by atoms with Gasteiger partial charge < -0.3 is 14.9 Å². The Kier molecular flexibility index (Phi) is 6.72. The summed E-state index contributed by atoms with van der Waals surface area (Å²) in [6.45, 7) is 9.52. The van der Waals surface area contributed by atoms with Crippen LogP contribution in [0.2, 0.25) is 0 Å². The number of carboxylic acid groups (broad SMARTS) is 1. The Hall–Kier alpha value is -1.93. The van der Waals surface area contributed by atoms with Crippen molar-refractivity contribution in [2.75, 3.05) is 46.3 Å². The summed E-state index contributed by atoms with van der Waals surface area (Å²) < 4.78 is 0. The van der Waals surface area contributed by atoms with Gasteiger partial charge in [0.1, 0.15) is 5.69 Å². The van der Waals surface area contributed by atoms with Crippen LogP contribution in [0.5, 0.6) is 0 Å². The number of piperidine rings is 1. The molecule has 8 nitrogen and oxygen atoms in total. The van der Waals surface area contributed by atoms with Gasteiger partial charge in [-0.15, -0.1) is 0 Å². The molecule has 0 aliphatic carbocycles. The van der Waals surface area contributed by atoms with Gasteiger partial charge in [-0.25, -0.2) is 0 Å². The van der Waals surface area contributed by atoms with Gasteiger partial charge in [-0.1, -0.05) is 13.8 Å². The monoisotopic (exact) mass is 391 g/mol. The molecule has 2 aliphatic rings. The van der Waals surface area contributed by atoms with E-state index >= 15 is 0 Å². The van der Waals surface area contributed by atoms with Crippen LogP contribution >= 0.6 is 0 Å². The molecule has 156 valence electrons. The van der Waals surface area contributed by atoms with Crippen molar-refractivity contribution in [1.29, 1.82) is 0 Å². The topological polar surface area (TPSA) is 92.8 Å². The van der Waals surface area contributed by atoms with E-state index in [4.69, 9.17) is 5.11 Å². The van der Waals surface area contributed by atoms with E-state index in [1.54, 1.807) is 0 Å². The number of carbonyl (C=O) groups is 2. The van der Waals surface area contributed by atoms with Crippen LogP contribution in [0.4, 0.5) is 0 Å². The van der Waals surface area contributed by atoms with Crippen molar-refractivity contribution in [3.63, 3.8) is 0 Å². The molecule has 2 N–H and O–H groups in total. The van der Waals surface area contributed by atoms with Gasteiger partial charge in [0.2, 0.25) is 0 Å². The number of nitrogens with zero attached hydrogens (tertiary/aromatic N) is 4. The first-order valence-corrected chi connectivity index (χ1v) is 10.3. The predicted molar refractivity (Wildman–Crippen MR) is 106 cm³/mol. The zero-order valence-corrected chi connectivity index (χ0v) is 17.2. The second-order valence-corrected chi connectivity index (χ2v) is 8.50. The number of amides is 1. The zero-order valence-electron chi connectivity index (χ0n) is 17.2. The maximum Gasteiger partial charge on any atom is 0.303 e. The fourth-order valence-electron chi connectivity index (χ4n) is 4.34. The summed E-state index contributed by atoms with van der Waals surface area (Å²) in [4.78, 5) is 30.8. The number of likely N-dealkylation sites (N-methyl/N-ethyl adjacent to an activating group) is 1. The lowest BCUT2D eigenvalue weighted by molar-refractivity contribution is -0.137. The molecule has 8 heteroatoms. The molecule has 2 fully saturated rings. The average molecular weight is 392 g/mol. The number of piperazine rings is 1. The van der Waals surface area contributed by atoms with Crippen LogP contribution in [-0.2, 0) is 4.79 Å². The van der Waals surface area contributed by atoms with Crippen LogP contribution in [0.3, 0.4) is 0 Å². The number of hydrogen-bond donors (Lipinski definition) is 2. The van der Waals surface area contributed by atoms with E-state index in [9.17, 15) is 9.59 Å². The minimum absolute atomic E-state index is 0.0553. The Morgan fingerprint density at radius 2 is 1.96 bits per heavy atom. The molecule has 3 rings (SSSR count). The third kappa shape index (κ3) is 4.91. The van der Waals surface area contributed by atoms with Gasteiger partial charge in [-0.3, -0.25) is 19.6 Å². The lowest BCUT2D eigenvalue weighted by Crippen LogP contribution is -2.57. The summed E-state index contributed by atoms with van der Waals surface area (Å²) in [7, 11) is 2.13. The molecule has 2 aliphatic heterocycles. The highest BCUT2D eigenvalue weighted by Crippen LogP contribution is 2.28. The van der Waals surface area contributed by atoms with E-state index in [1.807, 2.05) is 11.0 Å². The number of likely N-dealkylation sites (tertiary alicyclic amines) is 1. The molecule has 2 atom stereocenters. The van der Waals surface area contributed by atoms with Crippen LogP contribution < -0.4 is 0 Å². The molecule has 1 amide bonds. The maximum atomic E-state index is 13.0. The molecular weight excluding hydrogens is 358 g/mol. The van der Waals surface area contributed by atoms with Crippen molar-refractivity contribution in [2.45, 2.75) is 45.1 Å². The molecule has 1 aromatic heterocycles. The van der Waals surface area contributed by atoms with Crippen LogP contribution in [0.1, 0.15) is 55.2 Å². The molecule has 0 spiro atoms. The first-order valence-electron chi connectivity index (χ1n) is 10.3. The van der Waals surface area contributed by atoms with E-state index in [0.29, 0.717) is 37.2 Å². The molecule has 0 radical (unpaired) electrons. The van der Waals surface area contributed by atoms with Gasteiger partial charge in [0, 0.05) is 57.4 Å². The summed E-state index contributed by atoms with van der Waals surface area (Å²) in [5.41, 5.74) is 1.41. The summed E-state index contributed by atoms with van der Waals surface area (Å²) in [5.74, 6) is -0.351. The normalized spacial score (nSPS) is 24.6. The number of aliphatic carboxylic acids is 1. The number of nitrogens with one attached hydrogen (secondary N) is 1. The minimum atomic E-state index is -0.769. The maximum absolute atomic E-state index is 13.0. The largest absolute Gasteiger partial charge is 0.481 e. The number of aromatic amines is 1. The number of rotatable bonds is 6. The number of carboxylic acids is 1. The van der Waals surface area contributed by atoms with Crippen molar-refractivity contribution in [2.24, 2.45) is 5.92 Å². The van der Waals surface area contributed by atoms with Crippen LogP contribution in [0.25, 0.3) is 0 Å². The van der Waals surface area contributed by atoms with Gasteiger partial charge in [-0.05, 0) is 37.8 Å². The lowest BCUT2D eigenvalue weighted by atomic mass is 9.86. The highest BCUT2D eigenvalue weighted by molar-refractivity contribution is 5.92. The molecule has 0 aromatic carbocycles. The second-order valence-electron chi connectivity index (χ2n) is 8.50. The number of H-pyrrole nitrogens is 1. The van der Waals surface area contributed by atoms with Crippen molar-refractivity contribution < 1.29 is 14.7 Å². The predicted octanol–water partition coefficient (Wildman–Crippen LogP) is 1.48. The molecule has 0 bridgehead atoms. The zero-order chi connectivity index (χ0) is 20.3. The van der Waals surface area contributed by atoms with Crippen molar-refractivity contribution in [3.8, 4) is 0 Å². The third-order valence-electron chi connectivity index (χ3n) is 6.16. The standard InChI is InChI=1S/C20H33N5O3/c1-14(2)16-12-17(22-21-16)20(28)25-7-6-18(15(13-25)4-5-19(26)27)24-10-8-23(3)9-11-24/h12,14-15,18H,4-11,13H2,1-3H3,(H,21,22)(H,26,27)/t15-,18+/m1/s1. The molecular formula is C20H33N5O3. The highest BCUT2D eigenvalue weighted by atomic mass is 16.4. The van der Waals surface area contributed by atoms with Gasteiger partial charge in [0.05, 0.1) is 0 Å². The Morgan fingerprint density at radius 1 is 1.25 bits per heavy atom. The lowest BCUT2D eigenvalue weighted by Gasteiger charge is -2.46. The van der Waals surface area contributed by atoms with Gasteiger partial charge in [-0.2, -0.15) is 5.10 Å². The number of aromatic nitrogens is 2. The quantitative estimate of drug-likeness (QED) is 0.763. The van der Waals surface area contributed by atoms with Gasteiger partial charge >= 0.3 is 5.97 Å². The first kappa shape index (κ1) is 20.8. The molecule has 0 unspecified atom stereocenters. The Bertz CT molecular complexity index is 681. The van der Waals surface area contributed by atoms with E-state index < -0.39 is 5.97 Å². The molecule has 3 heterocycles. The van der Waals surface area contributed by atoms with Crippen molar-refractivity contribution in [3.05, 3.63) is 17.5 Å². The summed E-state index contributed by atoms with van der Waals surface area (Å²) in [6.07, 6.45) is 1.64. The van der Waals surface area contributed by atoms with E-state index in [0.717, 1.165) is 38.3 Å². The number of hydrogen-bond acceptors (Lipinski definition) is 5. The third-order valence-corrected chi connectivity index (χ3v) is 6.16. The summed E-state index contributed by atoms with van der Waals surface area (Å²) in [5, 5.41) is 16.3. The Balaban J connectivity index is 1.68. The van der Waals surface area contributed by atoms with Gasteiger partial charge in [0.25, 0.3) is 5.91 Å². The Morgan fingerprint density at radius 3 is 2.57 bits per heavy atom. The van der Waals surface area contributed by atoms with E-state index in [-0.39, 0.29) is 18.2 Å².